The Morgan fingerprint density at radius 2 is 1.93 bits per heavy atom. The molecule has 0 aliphatic carbocycles. The van der Waals surface area contributed by atoms with Crippen LogP contribution in [0.3, 0.4) is 0 Å². The van der Waals surface area contributed by atoms with E-state index < -0.39 is 23.6 Å². The highest BCUT2D eigenvalue weighted by molar-refractivity contribution is 6.09. The summed E-state index contributed by atoms with van der Waals surface area (Å²) in [5.41, 5.74) is 0.722. The van der Waals surface area contributed by atoms with E-state index in [2.05, 4.69) is 9.97 Å². The number of nitrogens with zero attached hydrogens (tertiary/aromatic N) is 4. The monoisotopic (exact) mass is 398 g/mol. The third-order valence-electron chi connectivity index (χ3n) is 5.09. The van der Waals surface area contributed by atoms with Gasteiger partial charge in [-0.05, 0) is 44.5 Å². The number of carbonyl (C=O) groups excluding carboxylic acids is 3. The molecule has 3 rings (SSSR count). The Bertz CT molecular complexity index is 945. The van der Waals surface area contributed by atoms with Crippen LogP contribution in [0.5, 0.6) is 0 Å². The molecule has 0 saturated carbocycles. The van der Waals surface area contributed by atoms with Crippen molar-refractivity contribution in [2.24, 2.45) is 0 Å². The van der Waals surface area contributed by atoms with Gasteiger partial charge in [0.2, 0.25) is 5.91 Å². The second-order valence-corrected chi connectivity index (χ2v) is 7.24. The molecule has 8 heteroatoms. The van der Waals surface area contributed by atoms with Gasteiger partial charge in [0.25, 0.3) is 0 Å². The molecule has 1 amide bonds. The zero-order valence-electron chi connectivity index (χ0n) is 16.8. The number of benzene rings is 1. The van der Waals surface area contributed by atoms with Crippen molar-refractivity contribution in [1.82, 2.24) is 9.97 Å². The average Bonchev–Trinajstić information content (AvgIpc) is 2.71. The zero-order valence-corrected chi connectivity index (χ0v) is 16.8. The number of likely N-dealkylation sites (N-methyl/N-ethyl adjacent to an activating group) is 1. The molecule has 0 bridgehead atoms. The molecule has 1 aliphatic rings. The fraction of sp³-hybridized carbons (Fsp3) is 0.381. The first-order valence-electron chi connectivity index (χ1n) is 9.48. The van der Waals surface area contributed by atoms with Crippen LogP contribution in [0.15, 0.2) is 30.5 Å². The maximum atomic E-state index is 13.2. The number of anilines is 2. The predicted molar refractivity (Wildman–Crippen MR) is 107 cm³/mol. The summed E-state index contributed by atoms with van der Waals surface area (Å²) in [5.74, 6) is -1.69. The van der Waals surface area contributed by atoms with Gasteiger partial charge in [0.1, 0.15) is 35.6 Å². The number of ketones is 1. The molecule has 2 aromatic rings. The highest BCUT2D eigenvalue weighted by atomic mass is 19.1. The highest BCUT2D eigenvalue weighted by Crippen LogP contribution is 2.36. The van der Waals surface area contributed by atoms with Crippen molar-refractivity contribution in [3.05, 3.63) is 47.7 Å². The molecule has 0 radical (unpaired) electrons. The lowest BCUT2D eigenvalue weighted by atomic mass is 9.97. The molecular weight excluding hydrogens is 375 g/mol. The van der Waals surface area contributed by atoms with E-state index in [9.17, 15) is 18.8 Å². The molecule has 1 aromatic heterocycles. The maximum absolute atomic E-state index is 13.2. The van der Waals surface area contributed by atoms with Crippen LogP contribution in [0.4, 0.5) is 15.9 Å². The van der Waals surface area contributed by atoms with Crippen molar-refractivity contribution in [3.8, 4) is 0 Å². The van der Waals surface area contributed by atoms with Gasteiger partial charge in [-0.15, -0.1) is 0 Å². The molecule has 2 unspecified atom stereocenters. The summed E-state index contributed by atoms with van der Waals surface area (Å²) >= 11 is 0. The number of aldehydes is 1. The Hall–Kier alpha value is -3.16. The first-order chi connectivity index (χ1) is 13.8. The Balaban J connectivity index is 2.07. The normalized spacial score (nSPS) is 17.3. The third-order valence-corrected chi connectivity index (χ3v) is 5.09. The number of halogens is 1. The molecule has 1 aromatic carbocycles. The highest BCUT2D eigenvalue weighted by Gasteiger charge is 2.39. The first-order valence-corrected chi connectivity index (χ1v) is 9.48. The minimum Gasteiger partial charge on any atom is -0.340 e. The molecule has 0 fully saturated rings. The molecule has 2 atom stereocenters. The second-order valence-electron chi connectivity index (χ2n) is 7.24. The quantitative estimate of drug-likeness (QED) is 0.423. The number of rotatable bonds is 6. The van der Waals surface area contributed by atoms with Crippen LogP contribution in [0, 0.1) is 5.82 Å². The summed E-state index contributed by atoms with van der Waals surface area (Å²) < 4.78 is 13.2. The number of fused-ring (bicyclic) bond motifs is 1. The van der Waals surface area contributed by atoms with Crippen molar-refractivity contribution in [3.63, 3.8) is 0 Å². The minimum absolute atomic E-state index is 0.0263. The van der Waals surface area contributed by atoms with Gasteiger partial charge in [0.15, 0.2) is 11.6 Å². The largest absolute Gasteiger partial charge is 0.340 e. The average molecular weight is 398 g/mol. The van der Waals surface area contributed by atoms with Crippen molar-refractivity contribution in [1.29, 1.82) is 0 Å². The fourth-order valence-electron chi connectivity index (χ4n) is 3.57. The molecular formula is C21H23FN4O3. The van der Waals surface area contributed by atoms with E-state index in [1.807, 2.05) is 25.7 Å². The second kappa shape index (κ2) is 8.06. The van der Waals surface area contributed by atoms with Gasteiger partial charge in [-0.3, -0.25) is 9.59 Å². The summed E-state index contributed by atoms with van der Waals surface area (Å²) in [5, 5.41) is 0. The topological polar surface area (TPSA) is 83.5 Å². The molecule has 29 heavy (non-hydrogen) atoms. The van der Waals surface area contributed by atoms with Crippen molar-refractivity contribution in [2.75, 3.05) is 16.8 Å². The molecule has 1 aliphatic heterocycles. The molecule has 0 saturated heterocycles. The number of hydrogen-bond donors (Lipinski definition) is 0. The maximum Gasteiger partial charge on any atom is 0.249 e. The van der Waals surface area contributed by atoms with Gasteiger partial charge in [-0.25, -0.2) is 14.4 Å². The van der Waals surface area contributed by atoms with Crippen LogP contribution in [-0.4, -0.2) is 47.1 Å². The Morgan fingerprint density at radius 3 is 2.48 bits per heavy atom. The van der Waals surface area contributed by atoms with Crippen LogP contribution in [-0.2, 0) is 9.59 Å². The van der Waals surface area contributed by atoms with E-state index in [-0.39, 0.29) is 23.3 Å². The molecule has 0 spiro atoms. The van der Waals surface area contributed by atoms with Crippen molar-refractivity contribution in [2.45, 2.75) is 45.2 Å². The van der Waals surface area contributed by atoms with Gasteiger partial charge >= 0.3 is 0 Å². The van der Waals surface area contributed by atoms with Gasteiger partial charge in [0, 0.05) is 18.7 Å². The van der Waals surface area contributed by atoms with E-state index in [0.717, 1.165) is 12.1 Å². The van der Waals surface area contributed by atoms with E-state index >= 15 is 0 Å². The first kappa shape index (κ1) is 20.6. The number of Topliss-reactive ketones (excluding diaryl/α,β-unsaturated/α-hetero) is 1. The summed E-state index contributed by atoms with van der Waals surface area (Å²) in [7, 11) is 1.66. The molecule has 7 nitrogen and oxygen atoms in total. The van der Waals surface area contributed by atoms with E-state index in [1.165, 1.54) is 23.2 Å². The third kappa shape index (κ3) is 3.62. The van der Waals surface area contributed by atoms with Gasteiger partial charge in [0.05, 0.1) is 6.20 Å². The lowest BCUT2D eigenvalue weighted by molar-refractivity contribution is -0.120. The number of aromatic nitrogens is 2. The zero-order chi connectivity index (χ0) is 21.3. The lowest BCUT2D eigenvalue weighted by Gasteiger charge is -2.42. The van der Waals surface area contributed by atoms with Gasteiger partial charge in [-0.2, -0.15) is 0 Å². The van der Waals surface area contributed by atoms with Gasteiger partial charge in [-0.1, -0.05) is 6.92 Å². The van der Waals surface area contributed by atoms with Crippen LogP contribution in [0.2, 0.25) is 0 Å². The van der Waals surface area contributed by atoms with Crippen molar-refractivity contribution < 1.29 is 18.8 Å². The standard InChI is InChI=1S/C21H23FN4O3/c1-5-16-21(29)25(4)17-10-23-19(24-20(17)26(16)12(2)3)15(11-27)18(28)13-6-8-14(22)9-7-13/h6-12,15-16H,5H2,1-4H3. The lowest BCUT2D eigenvalue weighted by Crippen LogP contribution is -2.55. The van der Waals surface area contributed by atoms with Crippen LogP contribution in [0.1, 0.15) is 49.3 Å². The van der Waals surface area contributed by atoms with Gasteiger partial charge < -0.3 is 14.6 Å². The van der Waals surface area contributed by atoms with Crippen LogP contribution >= 0.6 is 0 Å². The number of carbonyl (C=O) groups is 3. The number of hydrogen-bond acceptors (Lipinski definition) is 6. The minimum atomic E-state index is -1.22. The molecule has 0 N–H and O–H groups in total. The van der Waals surface area contributed by atoms with Crippen LogP contribution in [0.25, 0.3) is 0 Å². The number of amides is 1. The smallest absolute Gasteiger partial charge is 0.249 e. The van der Waals surface area contributed by atoms with E-state index in [0.29, 0.717) is 24.2 Å². The predicted octanol–water partition coefficient (Wildman–Crippen LogP) is 2.75. The Labute approximate surface area is 168 Å². The fourth-order valence-corrected chi connectivity index (χ4v) is 3.57. The molecule has 152 valence electrons. The summed E-state index contributed by atoms with van der Waals surface area (Å²) in [6.45, 7) is 5.83. The van der Waals surface area contributed by atoms with Crippen molar-refractivity contribution >= 4 is 29.5 Å². The molecule has 2 heterocycles. The Morgan fingerprint density at radius 1 is 1.28 bits per heavy atom. The SMILES string of the molecule is CCC1C(=O)N(C)c2cnc(C(C=O)C(=O)c3ccc(F)cc3)nc2N1C(C)C. The summed E-state index contributed by atoms with van der Waals surface area (Å²) in [4.78, 5) is 49.4. The van der Waals surface area contributed by atoms with E-state index in [4.69, 9.17) is 0 Å². The summed E-state index contributed by atoms with van der Waals surface area (Å²) in [6, 6.07) is 4.56. The summed E-state index contributed by atoms with van der Waals surface area (Å²) in [6.07, 6.45) is 2.54. The van der Waals surface area contributed by atoms with Crippen LogP contribution < -0.4 is 9.80 Å². The Kier molecular flexibility index (Phi) is 5.72. The van der Waals surface area contributed by atoms with E-state index in [1.54, 1.807) is 7.05 Å².